The van der Waals surface area contributed by atoms with Crippen LogP contribution < -0.4 is 5.73 Å². The van der Waals surface area contributed by atoms with Crippen LogP contribution in [0.4, 0.5) is 13.2 Å². The number of phenolic OH excluding ortho intramolecular Hbond substituents is 1. The molecule has 0 spiro atoms. The third-order valence-electron chi connectivity index (χ3n) is 1.79. The summed E-state index contributed by atoms with van der Waals surface area (Å²) in [6.45, 7) is 0. The Hall–Kier alpha value is -0.360. The maximum Gasteiger partial charge on any atom is 0.407 e. The molecule has 1 rings (SSSR count). The van der Waals surface area contributed by atoms with Crippen molar-refractivity contribution in [3.05, 3.63) is 27.7 Å². The van der Waals surface area contributed by atoms with E-state index in [2.05, 4.69) is 0 Å². The Bertz CT molecular complexity index is 384. The van der Waals surface area contributed by atoms with Crippen LogP contribution in [0.25, 0.3) is 0 Å². The van der Waals surface area contributed by atoms with Crippen LogP contribution in [0.1, 0.15) is 11.6 Å². The van der Waals surface area contributed by atoms with Crippen molar-refractivity contribution < 1.29 is 18.3 Å². The van der Waals surface area contributed by atoms with Crippen LogP contribution in [0.3, 0.4) is 0 Å². The lowest BCUT2D eigenvalue weighted by atomic mass is 10.1. The molecule has 0 saturated carbocycles. The molecule has 16 heavy (non-hydrogen) atoms. The molecule has 0 aliphatic carbocycles. The zero-order valence-electron chi connectivity index (χ0n) is 7.55. The van der Waals surface area contributed by atoms with Crippen LogP contribution >= 0.6 is 35.6 Å². The number of halogens is 6. The summed E-state index contributed by atoms with van der Waals surface area (Å²) in [5.74, 6) is -0.742. The van der Waals surface area contributed by atoms with Gasteiger partial charge in [-0.3, -0.25) is 0 Å². The Morgan fingerprint density at radius 3 is 2.19 bits per heavy atom. The minimum Gasteiger partial charge on any atom is -0.506 e. The zero-order valence-corrected chi connectivity index (χ0v) is 9.88. The van der Waals surface area contributed by atoms with Gasteiger partial charge in [-0.15, -0.1) is 12.4 Å². The lowest BCUT2D eigenvalue weighted by Crippen LogP contribution is -2.28. The minimum atomic E-state index is -4.64. The number of rotatable bonds is 1. The minimum absolute atomic E-state index is 0. The molecule has 0 aliphatic rings. The topological polar surface area (TPSA) is 46.2 Å². The van der Waals surface area contributed by atoms with Crippen molar-refractivity contribution >= 4 is 35.6 Å². The molecule has 1 aromatic carbocycles. The SMILES string of the molecule is Cl.N[C@@H](c1ccc(Cl)c(Cl)c1O)C(F)(F)F. The number of benzene rings is 1. The highest BCUT2D eigenvalue weighted by Gasteiger charge is 2.39. The Morgan fingerprint density at radius 2 is 1.75 bits per heavy atom. The summed E-state index contributed by atoms with van der Waals surface area (Å²) in [5.41, 5.74) is 4.40. The van der Waals surface area contributed by atoms with Gasteiger partial charge in [-0.25, -0.2) is 0 Å². The Labute approximate surface area is 106 Å². The van der Waals surface area contributed by atoms with Crippen LogP contribution in [0, 0.1) is 0 Å². The third-order valence-corrected chi connectivity index (χ3v) is 2.58. The normalized spacial score (nSPS) is 13.1. The van der Waals surface area contributed by atoms with E-state index in [1.165, 1.54) is 0 Å². The second-order valence-corrected chi connectivity index (χ2v) is 3.60. The summed E-state index contributed by atoms with van der Waals surface area (Å²) >= 11 is 11.0. The molecule has 1 atom stereocenters. The van der Waals surface area contributed by atoms with Gasteiger partial charge in [0.1, 0.15) is 16.8 Å². The Morgan fingerprint density at radius 1 is 1.25 bits per heavy atom. The molecule has 0 fully saturated rings. The lowest BCUT2D eigenvalue weighted by Gasteiger charge is -2.17. The lowest BCUT2D eigenvalue weighted by molar-refractivity contribution is -0.149. The van der Waals surface area contributed by atoms with E-state index in [0.29, 0.717) is 0 Å². The molecule has 0 aliphatic heterocycles. The first-order valence-corrected chi connectivity index (χ1v) is 4.50. The van der Waals surface area contributed by atoms with Gasteiger partial charge in [0, 0.05) is 5.56 Å². The van der Waals surface area contributed by atoms with E-state index >= 15 is 0 Å². The Balaban J connectivity index is 0.00000225. The van der Waals surface area contributed by atoms with E-state index in [1.54, 1.807) is 0 Å². The van der Waals surface area contributed by atoms with Crippen molar-refractivity contribution in [3.8, 4) is 5.75 Å². The first kappa shape index (κ1) is 15.6. The molecule has 1 aromatic rings. The molecule has 8 heteroatoms. The molecule has 3 N–H and O–H groups in total. The zero-order chi connectivity index (χ0) is 11.8. The predicted octanol–water partition coefficient (Wildman–Crippen LogP) is 3.68. The molecule has 0 amide bonds. The maximum atomic E-state index is 12.2. The molecule has 0 radical (unpaired) electrons. The van der Waals surface area contributed by atoms with Crippen molar-refractivity contribution in [2.75, 3.05) is 0 Å². The molecule has 92 valence electrons. The van der Waals surface area contributed by atoms with E-state index in [4.69, 9.17) is 28.9 Å². The smallest absolute Gasteiger partial charge is 0.407 e. The van der Waals surface area contributed by atoms with E-state index in [0.717, 1.165) is 12.1 Å². The highest BCUT2D eigenvalue weighted by molar-refractivity contribution is 6.43. The standard InChI is InChI=1S/C8H6Cl2F3NO.ClH/c9-4-2-1-3(6(15)5(4)10)7(14)8(11,12)13;/h1-2,7,15H,14H2;1H/t7-;/m0./s1. The van der Waals surface area contributed by atoms with E-state index in [9.17, 15) is 18.3 Å². The summed E-state index contributed by atoms with van der Waals surface area (Å²) in [4.78, 5) is 0. The summed E-state index contributed by atoms with van der Waals surface area (Å²) in [7, 11) is 0. The van der Waals surface area contributed by atoms with Crippen molar-refractivity contribution in [2.24, 2.45) is 5.73 Å². The van der Waals surface area contributed by atoms with Crippen molar-refractivity contribution in [3.63, 3.8) is 0 Å². The van der Waals surface area contributed by atoms with Crippen LogP contribution in [0.5, 0.6) is 5.75 Å². The molecule has 0 heterocycles. The molecular formula is C8H7Cl3F3NO. The summed E-state index contributed by atoms with van der Waals surface area (Å²) in [6.07, 6.45) is -4.64. The average Bonchev–Trinajstić information content (AvgIpc) is 2.12. The fraction of sp³-hybridized carbons (Fsp3) is 0.250. The number of aromatic hydroxyl groups is 1. The van der Waals surface area contributed by atoms with Gasteiger partial charge in [-0.1, -0.05) is 29.3 Å². The summed E-state index contributed by atoms with van der Waals surface area (Å²) < 4.78 is 36.7. The third kappa shape index (κ3) is 3.07. The van der Waals surface area contributed by atoms with Gasteiger partial charge < -0.3 is 10.8 Å². The molecule has 0 bridgehead atoms. The van der Waals surface area contributed by atoms with Gasteiger partial charge in [0.25, 0.3) is 0 Å². The highest BCUT2D eigenvalue weighted by Crippen LogP contribution is 2.40. The van der Waals surface area contributed by atoms with Crippen LogP contribution in [0.2, 0.25) is 10.0 Å². The number of nitrogens with two attached hydrogens (primary N) is 1. The maximum absolute atomic E-state index is 12.2. The van der Waals surface area contributed by atoms with Gasteiger partial charge in [0.2, 0.25) is 0 Å². The average molecular weight is 297 g/mol. The number of hydrogen-bond donors (Lipinski definition) is 2. The predicted molar refractivity (Wildman–Crippen MR) is 58.4 cm³/mol. The van der Waals surface area contributed by atoms with Gasteiger partial charge >= 0.3 is 6.18 Å². The number of alkyl halides is 3. The van der Waals surface area contributed by atoms with Crippen LogP contribution in [-0.4, -0.2) is 11.3 Å². The van der Waals surface area contributed by atoms with Gasteiger partial charge in [0.05, 0.1) is 5.02 Å². The highest BCUT2D eigenvalue weighted by atomic mass is 35.5. The molecule has 0 aromatic heterocycles. The molecule has 0 unspecified atom stereocenters. The second kappa shape index (κ2) is 5.31. The monoisotopic (exact) mass is 295 g/mol. The molecule has 2 nitrogen and oxygen atoms in total. The second-order valence-electron chi connectivity index (χ2n) is 2.82. The fourth-order valence-corrected chi connectivity index (χ4v) is 1.31. The van der Waals surface area contributed by atoms with E-state index in [-0.39, 0.29) is 22.5 Å². The van der Waals surface area contributed by atoms with Gasteiger partial charge in [0.15, 0.2) is 0 Å². The Kier molecular flexibility index (Phi) is 5.19. The van der Waals surface area contributed by atoms with Gasteiger partial charge in [-0.2, -0.15) is 13.2 Å². The van der Waals surface area contributed by atoms with E-state index < -0.39 is 23.5 Å². The van der Waals surface area contributed by atoms with Crippen molar-refractivity contribution in [1.29, 1.82) is 0 Å². The van der Waals surface area contributed by atoms with E-state index in [1.807, 2.05) is 0 Å². The number of hydrogen-bond acceptors (Lipinski definition) is 2. The molecular weight excluding hydrogens is 289 g/mol. The fourth-order valence-electron chi connectivity index (χ4n) is 0.982. The van der Waals surface area contributed by atoms with Crippen molar-refractivity contribution in [2.45, 2.75) is 12.2 Å². The van der Waals surface area contributed by atoms with Gasteiger partial charge in [-0.05, 0) is 6.07 Å². The first-order valence-electron chi connectivity index (χ1n) is 3.74. The van der Waals surface area contributed by atoms with Crippen LogP contribution in [0.15, 0.2) is 12.1 Å². The summed E-state index contributed by atoms with van der Waals surface area (Å²) in [5, 5.41) is 8.94. The molecule has 0 saturated heterocycles. The number of phenols is 1. The first-order chi connectivity index (χ1) is 6.75. The van der Waals surface area contributed by atoms with Crippen LogP contribution in [-0.2, 0) is 0 Å². The van der Waals surface area contributed by atoms with Crippen molar-refractivity contribution in [1.82, 2.24) is 0 Å². The quantitative estimate of drug-likeness (QED) is 0.830. The summed E-state index contributed by atoms with van der Waals surface area (Å²) in [6, 6.07) is -0.154. The largest absolute Gasteiger partial charge is 0.506 e.